The van der Waals surface area contributed by atoms with E-state index in [4.69, 9.17) is 0 Å². The molecule has 2 saturated heterocycles. The van der Waals surface area contributed by atoms with Crippen LogP contribution < -0.4 is 0 Å². The van der Waals surface area contributed by atoms with Gasteiger partial charge in [-0.2, -0.15) is 0 Å². The van der Waals surface area contributed by atoms with Crippen LogP contribution in [0, 0.1) is 5.41 Å². The van der Waals surface area contributed by atoms with E-state index in [1.165, 1.54) is 39.0 Å². The Morgan fingerprint density at radius 3 is 2.57 bits per heavy atom. The van der Waals surface area contributed by atoms with Gasteiger partial charge in [-0.3, -0.25) is 0 Å². The lowest BCUT2D eigenvalue weighted by Crippen LogP contribution is -2.33. The van der Waals surface area contributed by atoms with Gasteiger partial charge in [-0.1, -0.05) is 0 Å². The fourth-order valence-electron chi connectivity index (χ4n) is 3.05. The molecule has 0 aromatic carbocycles. The van der Waals surface area contributed by atoms with Gasteiger partial charge in [-0.15, -0.1) is 0 Å². The second-order valence-corrected chi connectivity index (χ2v) is 5.32. The summed E-state index contributed by atoms with van der Waals surface area (Å²) >= 11 is 0. The summed E-state index contributed by atoms with van der Waals surface area (Å²) in [5.74, 6) is 0. The highest BCUT2D eigenvalue weighted by atomic mass is 16.3. The minimum Gasteiger partial charge on any atom is -0.392 e. The van der Waals surface area contributed by atoms with Gasteiger partial charge in [0.15, 0.2) is 0 Å². The second-order valence-electron chi connectivity index (χ2n) is 5.32. The van der Waals surface area contributed by atoms with Gasteiger partial charge < -0.3 is 14.9 Å². The first kappa shape index (κ1) is 10.4. The molecule has 0 saturated carbocycles. The number of aliphatic hydroxyl groups excluding tert-OH is 1. The summed E-state index contributed by atoms with van der Waals surface area (Å²) in [4.78, 5) is 4.86. The van der Waals surface area contributed by atoms with E-state index in [9.17, 15) is 5.11 Å². The second kappa shape index (κ2) is 3.80. The Morgan fingerprint density at radius 1 is 1.29 bits per heavy atom. The quantitative estimate of drug-likeness (QED) is 0.695. The molecule has 2 rings (SSSR count). The van der Waals surface area contributed by atoms with E-state index in [1.54, 1.807) is 0 Å². The van der Waals surface area contributed by atoms with Crippen molar-refractivity contribution in [3.8, 4) is 0 Å². The standard InChI is InChI=1S/C11H22N2O/c1-10(14)7-13-6-4-11(9-13)3-5-12(2)8-11/h10,14H,3-9H2,1-2H3. The molecule has 2 unspecified atom stereocenters. The Hall–Kier alpha value is -0.120. The zero-order valence-corrected chi connectivity index (χ0v) is 9.37. The van der Waals surface area contributed by atoms with Gasteiger partial charge in [-0.25, -0.2) is 0 Å². The van der Waals surface area contributed by atoms with Crippen molar-refractivity contribution < 1.29 is 5.11 Å². The molecule has 2 aliphatic heterocycles. The van der Waals surface area contributed by atoms with Gasteiger partial charge in [0.05, 0.1) is 6.10 Å². The molecule has 82 valence electrons. The maximum atomic E-state index is 9.34. The van der Waals surface area contributed by atoms with Gasteiger partial charge in [-0.05, 0) is 45.3 Å². The molecule has 1 N–H and O–H groups in total. The fourth-order valence-corrected chi connectivity index (χ4v) is 3.05. The van der Waals surface area contributed by atoms with Crippen molar-refractivity contribution in [1.82, 2.24) is 9.80 Å². The molecule has 2 atom stereocenters. The first-order valence-corrected chi connectivity index (χ1v) is 5.69. The lowest BCUT2D eigenvalue weighted by atomic mass is 9.86. The lowest BCUT2D eigenvalue weighted by molar-refractivity contribution is 0.132. The van der Waals surface area contributed by atoms with E-state index in [2.05, 4.69) is 16.8 Å². The van der Waals surface area contributed by atoms with Crippen molar-refractivity contribution >= 4 is 0 Å². The van der Waals surface area contributed by atoms with Crippen molar-refractivity contribution in [3.63, 3.8) is 0 Å². The van der Waals surface area contributed by atoms with Crippen LogP contribution in [0.1, 0.15) is 19.8 Å². The Labute approximate surface area is 86.7 Å². The summed E-state index contributed by atoms with van der Waals surface area (Å²) in [6, 6.07) is 0. The van der Waals surface area contributed by atoms with E-state index >= 15 is 0 Å². The van der Waals surface area contributed by atoms with Crippen LogP contribution in [0.3, 0.4) is 0 Å². The molecule has 0 aromatic heterocycles. The third-order valence-electron chi connectivity index (χ3n) is 3.67. The zero-order chi connectivity index (χ0) is 10.2. The van der Waals surface area contributed by atoms with E-state index in [0.29, 0.717) is 5.41 Å². The smallest absolute Gasteiger partial charge is 0.0639 e. The van der Waals surface area contributed by atoms with Gasteiger partial charge in [0, 0.05) is 19.6 Å². The molecular weight excluding hydrogens is 176 g/mol. The predicted octanol–water partition coefficient (Wildman–Crippen LogP) is 0.395. The van der Waals surface area contributed by atoms with Crippen LogP contribution in [0.2, 0.25) is 0 Å². The van der Waals surface area contributed by atoms with Crippen LogP contribution in [0.15, 0.2) is 0 Å². The van der Waals surface area contributed by atoms with E-state index in [-0.39, 0.29) is 6.10 Å². The number of hydrogen-bond donors (Lipinski definition) is 1. The van der Waals surface area contributed by atoms with E-state index in [1.807, 2.05) is 6.92 Å². The third kappa shape index (κ3) is 2.10. The van der Waals surface area contributed by atoms with Crippen LogP contribution in [-0.4, -0.2) is 60.8 Å². The van der Waals surface area contributed by atoms with Crippen molar-refractivity contribution in [2.24, 2.45) is 5.41 Å². The Kier molecular flexibility index (Phi) is 2.82. The highest BCUT2D eigenvalue weighted by Crippen LogP contribution is 2.38. The average Bonchev–Trinajstić information content (AvgIpc) is 2.60. The van der Waals surface area contributed by atoms with E-state index < -0.39 is 0 Å². The summed E-state index contributed by atoms with van der Waals surface area (Å²) in [5.41, 5.74) is 0.559. The predicted molar refractivity (Wildman–Crippen MR) is 57.3 cm³/mol. The molecule has 2 aliphatic rings. The normalized spacial score (nSPS) is 37.1. The van der Waals surface area contributed by atoms with Crippen LogP contribution in [-0.2, 0) is 0 Å². The molecule has 3 heteroatoms. The van der Waals surface area contributed by atoms with Gasteiger partial charge >= 0.3 is 0 Å². The SMILES string of the molecule is CC(O)CN1CCC2(CCN(C)C2)C1. The van der Waals surface area contributed by atoms with Crippen LogP contribution in [0.4, 0.5) is 0 Å². The number of rotatable bonds is 2. The fraction of sp³-hybridized carbons (Fsp3) is 1.00. The van der Waals surface area contributed by atoms with Crippen molar-refractivity contribution in [2.75, 3.05) is 39.8 Å². The number of aliphatic hydroxyl groups is 1. The minimum atomic E-state index is -0.177. The number of hydrogen-bond acceptors (Lipinski definition) is 3. The highest BCUT2D eigenvalue weighted by molar-refractivity contribution is 4.96. The molecule has 0 aliphatic carbocycles. The molecular formula is C11H22N2O. The van der Waals surface area contributed by atoms with Crippen molar-refractivity contribution in [2.45, 2.75) is 25.9 Å². The Morgan fingerprint density at radius 2 is 2.00 bits per heavy atom. The minimum absolute atomic E-state index is 0.177. The maximum absolute atomic E-state index is 9.34. The van der Waals surface area contributed by atoms with Crippen LogP contribution >= 0.6 is 0 Å². The summed E-state index contributed by atoms with van der Waals surface area (Å²) in [5, 5.41) is 9.34. The molecule has 2 fully saturated rings. The maximum Gasteiger partial charge on any atom is 0.0639 e. The lowest BCUT2D eigenvalue weighted by Gasteiger charge is -2.24. The van der Waals surface area contributed by atoms with E-state index in [0.717, 1.165) is 6.54 Å². The number of β-amino-alcohol motifs (C(OH)–C–C–N with tert-alkyl or cyclic N) is 1. The van der Waals surface area contributed by atoms with Gasteiger partial charge in [0.2, 0.25) is 0 Å². The largest absolute Gasteiger partial charge is 0.392 e. The third-order valence-corrected chi connectivity index (χ3v) is 3.67. The summed E-state index contributed by atoms with van der Waals surface area (Å²) in [7, 11) is 2.21. The van der Waals surface area contributed by atoms with Crippen LogP contribution in [0.25, 0.3) is 0 Å². The molecule has 1 spiro atoms. The summed E-state index contributed by atoms with van der Waals surface area (Å²) < 4.78 is 0. The topological polar surface area (TPSA) is 26.7 Å². The Bertz CT molecular complexity index is 207. The van der Waals surface area contributed by atoms with Crippen molar-refractivity contribution in [1.29, 1.82) is 0 Å². The van der Waals surface area contributed by atoms with Gasteiger partial charge in [0.25, 0.3) is 0 Å². The number of nitrogens with zero attached hydrogens (tertiary/aromatic N) is 2. The first-order chi connectivity index (χ1) is 6.60. The molecule has 0 radical (unpaired) electrons. The molecule has 2 heterocycles. The monoisotopic (exact) mass is 198 g/mol. The molecule has 0 bridgehead atoms. The number of likely N-dealkylation sites (tertiary alicyclic amines) is 2. The zero-order valence-electron chi connectivity index (χ0n) is 9.37. The van der Waals surface area contributed by atoms with Gasteiger partial charge in [0.1, 0.15) is 0 Å². The average molecular weight is 198 g/mol. The molecule has 14 heavy (non-hydrogen) atoms. The van der Waals surface area contributed by atoms with Crippen molar-refractivity contribution in [3.05, 3.63) is 0 Å². The highest BCUT2D eigenvalue weighted by Gasteiger charge is 2.42. The molecule has 0 amide bonds. The molecule has 0 aromatic rings. The molecule has 3 nitrogen and oxygen atoms in total. The summed E-state index contributed by atoms with van der Waals surface area (Å²) in [6.45, 7) is 7.62. The Balaban J connectivity index is 1.88. The first-order valence-electron chi connectivity index (χ1n) is 5.69. The summed E-state index contributed by atoms with van der Waals surface area (Å²) in [6.07, 6.45) is 2.49. The van der Waals surface area contributed by atoms with Crippen LogP contribution in [0.5, 0.6) is 0 Å².